The van der Waals surface area contributed by atoms with E-state index < -0.39 is 6.09 Å². The second-order valence-corrected chi connectivity index (χ2v) is 7.09. The van der Waals surface area contributed by atoms with Crippen molar-refractivity contribution in [3.8, 4) is 11.5 Å². The second kappa shape index (κ2) is 10.1. The summed E-state index contributed by atoms with van der Waals surface area (Å²) in [5.74, 6) is 0.871. The number of fused-ring (bicyclic) bond motifs is 1. The number of carbonyl (C=O) groups is 2. The van der Waals surface area contributed by atoms with Crippen molar-refractivity contribution in [1.82, 2.24) is 15.2 Å². The number of nitrogens with zero attached hydrogens (tertiary/aromatic N) is 3. The molecular weight excluding hydrogens is 384 g/mol. The van der Waals surface area contributed by atoms with Gasteiger partial charge in [-0.15, -0.1) is 0 Å². The highest BCUT2D eigenvalue weighted by molar-refractivity contribution is 5.92. The van der Waals surface area contributed by atoms with Gasteiger partial charge in [-0.2, -0.15) is 0 Å². The smallest absolute Gasteiger partial charge is 0.411 e. The minimum Gasteiger partial charge on any atom is -0.465 e. The van der Waals surface area contributed by atoms with E-state index in [1.165, 1.54) is 4.90 Å². The van der Waals surface area contributed by atoms with Gasteiger partial charge in [0.25, 0.3) is 5.91 Å². The van der Waals surface area contributed by atoms with E-state index in [2.05, 4.69) is 29.0 Å². The molecule has 0 atom stereocenters. The highest BCUT2D eigenvalue weighted by Gasteiger charge is 2.24. The Labute approximate surface area is 176 Å². The Morgan fingerprint density at radius 3 is 2.70 bits per heavy atom. The quantitative estimate of drug-likeness (QED) is 0.613. The van der Waals surface area contributed by atoms with Crippen molar-refractivity contribution in [3.63, 3.8) is 0 Å². The van der Waals surface area contributed by atoms with Crippen LogP contribution in [-0.4, -0.2) is 59.7 Å². The van der Waals surface area contributed by atoms with Gasteiger partial charge in [0, 0.05) is 25.4 Å². The molecule has 3 rings (SSSR count). The van der Waals surface area contributed by atoms with Crippen LogP contribution in [0.15, 0.2) is 36.5 Å². The maximum absolute atomic E-state index is 12.4. The van der Waals surface area contributed by atoms with Crippen LogP contribution in [0.5, 0.6) is 11.5 Å². The summed E-state index contributed by atoms with van der Waals surface area (Å²) in [7, 11) is 0. The zero-order chi connectivity index (χ0) is 21.5. The zero-order valence-corrected chi connectivity index (χ0v) is 17.4. The molecule has 0 spiro atoms. The van der Waals surface area contributed by atoms with Gasteiger partial charge in [-0.1, -0.05) is 13.8 Å². The van der Waals surface area contributed by atoms with Crippen LogP contribution in [0.25, 0.3) is 0 Å². The van der Waals surface area contributed by atoms with E-state index in [1.54, 1.807) is 30.5 Å². The van der Waals surface area contributed by atoms with Crippen LogP contribution in [0.4, 0.5) is 10.5 Å². The van der Waals surface area contributed by atoms with Crippen molar-refractivity contribution in [2.75, 3.05) is 37.6 Å². The summed E-state index contributed by atoms with van der Waals surface area (Å²) < 4.78 is 5.88. The molecule has 1 aliphatic heterocycles. The van der Waals surface area contributed by atoms with Crippen LogP contribution < -0.4 is 15.0 Å². The summed E-state index contributed by atoms with van der Waals surface area (Å²) in [4.78, 5) is 31.4. The zero-order valence-electron chi connectivity index (χ0n) is 17.4. The van der Waals surface area contributed by atoms with Crippen molar-refractivity contribution in [2.24, 2.45) is 0 Å². The van der Waals surface area contributed by atoms with Crippen molar-refractivity contribution in [1.29, 1.82) is 0 Å². The number of amides is 2. The highest BCUT2D eigenvalue weighted by atomic mass is 16.5. The SMILES string of the molecule is CCN(CC)CCCNC(=O)c1cc(Oc2ccc3c(c2)CCN3C(=O)O)ccn1. The molecule has 0 aliphatic carbocycles. The van der Waals surface area contributed by atoms with Gasteiger partial charge in [-0.05, 0) is 62.3 Å². The third kappa shape index (κ3) is 5.27. The number of rotatable bonds is 9. The number of pyridine rings is 1. The van der Waals surface area contributed by atoms with Crippen LogP contribution in [0.2, 0.25) is 0 Å². The van der Waals surface area contributed by atoms with Crippen LogP contribution in [-0.2, 0) is 6.42 Å². The van der Waals surface area contributed by atoms with Gasteiger partial charge in [0.2, 0.25) is 0 Å². The summed E-state index contributed by atoms with van der Waals surface area (Å²) in [6.45, 7) is 8.24. The molecule has 0 fully saturated rings. The molecule has 0 bridgehead atoms. The first kappa shape index (κ1) is 21.6. The molecule has 2 aromatic rings. The van der Waals surface area contributed by atoms with Gasteiger partial charge in [0.1, 0.15) is 17.2 Å². The van der Waals surface area contributed by atoms with E-state index in [9.17, 15) is 14.7 Å². The number of carboxylic acid groups (broad SMARTS) is 1. The predicted octanol–water partition coefficient (Wildman–Crippen LogP) is 3.38. The van der Waals surface area contributed by atoms with Crippen molar-refractivity contribution in [3.05, 3.63) is 47.8 Å². The third-order valence-electron chi connectivity index (χ3n) is 5.21. The van der Waals surface area contributed by atoms with Crippen LogP contribution in [0.1, 0.15) is 36.3 Å². The van der Waals surface area contributed by atoms with E-state index in [4.69, 9.17) is 4.74 Å². The minimum absolute atomic E-state index is 0.231. The molecule has 0 saturated heterocycles. The molecule has 8 nitrogen and oxygen atoms in total. The van der Waals surface area contributed by atoms with Gasteiger partial charge in [0.15, 0.2) is 0 Å². The van der Waals surface area contributed by atoms with E-state index in [-0.39, 0.29) is 5.91 Å². The molecular formula is C22H28N4O4. The fraction of sp³-hybridized carbons (Fsp3) is 0.409. The maximum Gasteiger partial charge on any atom is 0.411 e. The van der Waals surface area contributed by atoms with Crippen LogP contribution in [0, 0.1) is 0 Å². The number of nitrogens with one attached hydrogen (secondary N) is 1. The average molecular weight is 412 g/mol. The summed E-state index contributed by atoms with van der Waals surface area (Å²) in [5.41, 5.74) is 1.91. The minimum atomic E-state index is -0.954. The predicted molar refractivity (Wildman–Crippen MR) is 115 cm³/mol. The Morgan fingerprint density at radius 2 is 1.97 bits per heavy atom. The van der Waals surface area contributed by atoms with Crippen LogP contribution in [0.3, 0.4) is 0 Å². The average Bonchev–Trinajstić information content (AvgIpc) is 3.17. The molecule has 1 aromatic heterocycles. The molecule has 0 radical (unpaired) electrons. The number of benzene rings is 1. The van der Waals surface area contributed by atoms with Crippen molar-refractivity contribution >= 4 is 17.7 Å². The first-order chi connectivity index (χ1) is 14.5. The first-order valence-electron chi connectivity index (χ1n) is 10.3. The third-order valence-corrected chi connectivity index (χ3v) is 5.21. The molecule has 0 saturated carbocycles. The number of aromatic nitrogens is 1. The summed E-state index contributed by atoms with van der Waals surface area (Å²) in [6.07, 6.45) is 2.12. The Bertz CT molecular complexity index is 898. The Kier molecular flexibility index (Phi) is 7.24. The molecule has 30 heavy (non-hydrogen) atoms. The standard InChI is InChI=1S/C22H28N4O4/c1-3-25(4-2)12-5-10-24-21(27)19-15-18(8-11-23-19)30-17-6-7-20-16(14-17)9-13-26(20)22(28)29/h6-8,11,14-15H,3-5,9-10,12-13H2,1-2H3,(H,24,27)(H,28,29). The van der Waals surface area contributed by atoms with E-state index in [0.29, 0.717) is 42.4 Å². The second-order valence-electron chi connectivity index (χ2n) is 7.09. The van der Waals surface area contributed by atoms with Gasteiger partial charge in [-0.3, -0.25) is 14.7 Å². The lowest BCUT2D eigenvalue weighted by molar-refractivity contribution is 0.0946. The molecule has 2 amide bonds. The molecule has 0 unspecified atom stereocenters. The van der Waals surface area contributed by atoms with Crippen molar-refractivity contribution < 1.29 is 19.4 Å². The molecule has 160 valence electrons. The van der Waals surface area contributed by atoms with Crippen molar-refractivity contribution in [2.45, 2.75) is 26.7 Å². The molecule has 1 aromatic carbocycles. The van der Waals surface area contributed by atoms with Gasteiger partial charge >= 0.3 is 6.09 Å². The van der Waals surface area contributed by atoms with Gasteiger partial charge < -0.3 is 20.1 Å². The number of hydrogen-bond donors (Lipinski definition) is 2. The normalized spacial score (nSPS) is 12.7. The highest BCUT2D eigenvalue weighted by Crippen LogP contribution is 2.33. The summed E-state index contributed by atoms with van der Waals surface area (Å²) in [5, 5.41) is 12.1. The Hall–Kier alpha value is -3.13. The lowest BCUT2D eigenvalue weighted by atomic mass is 10.1. The Balaban J connectivity index is 1.58. The fourth-order valence-electron chi connectivity index (χ4n) is 3.51. The summed E-state index contributed by atoms with van der Waals surface area (Å²) >= 11 is 0. The number of anilines is 1. The fourth-order valence-corrected chi connectivity index (χ4v) is 3.51. The number of carbonyl (C=O) groups excluding carboxylic acids is 1. The molecule has 1 aliphatic rings. The first-order valence-corrected chi connectivity index (χ1v) is 10.3. The number of hydrogen-bond acceptors (Lipinski definition) is 5. The van der Waals surface area contributed by atoms with Gasteiger partial charge in [-0.25, -0.2) is 4.79 Å². The maximum atomic E-state index is 12.4. The monoisotopic (exact) mass is 412 g/mol. The molecule has 2 heterocycles. The van der Waals surface area contributed by atoms with E-state index in [1.807, 2.05) is 6.07 Å². The molecule has 2 N–H and O–H groups in total. The van der Waals surface area contributed by atoms with E-state index >= 15 is 0 Å². The lowest BCUT2D eigenvalue weighted by Crippen LogP contribution is -2.30. The topological polar surface area (TPSA) is 95.0 Å². The lowest BCUT2D eigenvalue weighted by Gasteiger charge is -2.17. The largest absolute Gasteiger partial charge is 0.465 e. The Morgan fingerprint density at radius 1 is 1.20 bits per heavy atom. The van der Waals surface area contributed by atoms with Gasteiger partial charge in [0.05, 0.1) is 5.69 Å². The molecule has 8 heteroatoms. The van der Waals surface area contributed by atoms with Crippen LogP contribution >= 0.6 is 0 Å². The number of ether oxygens (including phenoxy) is 1. The van der Waals surface area contributed by atoms with E-state index in [0.717, 1.165) is 31.6 Å². The summed E-state index contributed by atoms with van der Waals surface area (Å²) in [6, 6.07) is 8.61.